The highest BCUT2D eigenvalue weighted by Crippen LogP contribution is 2.44. The number of aryl methyl sites for hydroxylation is 3. The van der Waals surface area contributed by atoms with Crippen molar-refractivity contribution in [2.45, 2.75) is 131 Å². The minimum Gasteiger partial charge on any atom is -0.507 e. The number of hydrogen-bond donors (Lipinski definition) is 3. The molecule has 0 saturated carbocycles. The van der Waals surface area contributed by atoms with Gasteiger partial charge in [0, 0.05) is 94.6 Å². The van der Waals surface area contributed by atoms with Crippen molar-refractivity contribution in [2.75, 3.05) is 67.1 Å². The highest BCUT2D eigenvalue weighted by Gasteiger charge is 2.38. The molecular weight excluding hydrogens is 1650 g/mol. The van der Waals surface area contributed by atoms with Crippen molar-refractivity contribution in [1.82, 2.24) is 73.3 Å². The normalized spacial score (nSPS) is 16.6. The number of anilines is 3. The maximum atomic E-state index is 15.1. The van der Waals surface area contributed by atoms with Crippen LogP contribution >= 0.6 is 34.8 Å². The lowest BCUT2D eigenvalue weighted by molar-refractivity contribution is -0.127. The van der Waals surface area contributed by atoms with E-state index in [2.05, 4.69) is 63.5 Å². The number of phenols is 3. The molecule has 0 spiro atoms. The Hall–Kier alpha value is -12.9. The van der Waals surface area contributed by atoms with Crippen LogP contribution in [0, 0.1) is 31.3 Å². The molecule has 4 aliphatic rings. The Kier molecular flexibility index (Phi) is 25.3. The highest BCUT2D eigenvalue weighted by molar-refractivity contribution is 6.35. The Morgan fingerprint density at radius 3 is 1.35 bits per heavy atom. The predicted octanol–water partition coefficient (Wildman–Crippen LogP) is 14.8. The summed E-state index contributed by atoms with van der Waals surface area (Å²) < 4.78 is 49.0. The Balaban J connectivity index is 0.000000151. The third-order valence-electron chi connectivity index (χ3n) is 22.9. The number of rotatable bonds is 14. The molecule has 3 aliphatic heterocycles. The molecule has 3 aromatic carbocycles. The van der Waals surface area contributed by atoms with E-state index in [0.29, 0.717) is 109 Å². The van der Waals surface area contributed by atoms with Gasteiger partial charge in [0.1, 0.15) is 63.8 Å². The molecule has 4 atom stereocenters. The fourth-order valence-electron chi connectivity index (χ4n) is 17.0. The number of carbonyl (C=O) groups is 3. The summed E-state index contributed by atoms with van der Waals surface area (Å²) in [6, 6.07) is 23.2. The SMILES string of the molecule is C=CC(=O)N1CCN(c2nc(=O)n(-c3ccc(C(C)C)c(C)n3)c3nc(-c4c(O)cccc4F)c(Cl)cc23)[C@@H](C)C1.C=CC(=O)N1CCN(c2nc(=O)n(-c3nccc4c3CCCC4)c3nc(-c4c(O)cccc4F)c(Cl)cc23)[C@@H](C)C1.C=CC(=O)N1C[C@@H](C)N(c2nc(=O)n(-c3c(C)ccnc3C(C)C)c3nc(-c4c(O)cccc4F)c(Cl)cc23)[C@@H](C)C1. The van der Waals surface area contributed by atoms with Gasteiger partial charge in [0.15, 0.2) is 16.9 Å². The summed E-state index contributed by atoms with van der Waals surface area (Å²) in [7, 11) is 0. The molecule has 9 aromatic heterocycles. The van der Waals surface area contributed by atoms with Crippen molar-refractivity contribution in [3.05, 3.63) is 245 Å². The first-order valence-electron chi connectivity index (χ1n) is 40.5. The number of carbonyl (C=O) groups excluding carboxylic acids is 3. The van der Waals surface area contributed by atoms with Gasteiger partial charge in [-0.3, -0.25) is 19.4 Å². The van der Waals surface area contributed by atoms with Gasteiger partial charge in [-0.15, -0.1) is 0 Å². The first-order valence-corrected chi connectivity index (χ1v) is 41.7. The van der Waals surface area contributed by atoms with Crippen molar-refractivity contribution in [3.8, 4) is 68.3 Å². The first-order chi connectivity index (χ1) is 59.2. The Morgan fingerprint density at radius 1 is 0.476 bits per heavy atom. The Bertz CT molecular complexity index is 6470. The van der Waals surface area contributed by atoms with Gasteiger partial charge in [0.25, 0.3) is 0 Å². The lowest BCUT2D eigenvalue weighted by Gasteiger charge is -2.45. The van der Waals surface area contributed by atoms with E-state index in [0.717, 1.165) is 53.6 Å². The van der Waals surface area contributed by atoms with E-state index in [4.69, 9.17) is 49.8 Å². The van der Waals surface area contributed by atoms with E-state index in [-0.39, 0.29) is 137 Å². The van der Waals surface area contributed by atoms with Crippen molar-refractivity contribution in [3.63, 3.8) is 0 Å². The second-order valence-corrected chi connectivity index (χ2v) is 33.0. The average Bonchev–Trinajstić information content (AvgIpc) is 0.733. The zero-order valence-corrected chi connectivity index (χ0v) is 72.1. The molecule has 27 nitrogen and oxygen atoms in total. The van der Waals surface area contributed by atoms with Crippen molar-refractivity contribution < 1.29 is 42.9 Å². The third kappa shape index (κ3) is 16.6. The molecule has 12 aromatic rings. The molecular formula is C91H90Cl3F3N18O9. The van der Waals surface area contributed by atoms with Gasteiger partial charge in [0.05, 0.1) is 76.4 Å². The maximum absolute atomic E-state index is 15.1. The van der Waals surface area contributed by atoms with Crippen LogP contribution in [0.3, 0.4) is 0 Å². The van der Waals surface area contributed by atoms with Crippen molar-refractivity contribution in [1.29, 1.82) is 0 Å². The second kappa shape index (κ2) is 35.9. The van der Waals surface area contributed by atoms with Crippen LogP contribution in [0.15, 0.2) is 162 Å². The Morgan fingerprint density at radius 2 is 0.895 bits per heavy atom. The third-order valence-corrected chi connectivity index (χ3v) is 23.7. The van der Waals surface area contributed by atoms with Crippen LogP contribution in [0.1, 0.15) is 114 Å². The topological polar surface area (TPSA) is 313 Å². The van der Waals surface area contributed by atoms with E-state index < -0.39 is 34.5 Å². The summed E-state index contributed by atoms with van der Waals surface area (Å²) in [5.74, 6) is -1.66. The van der Waals surface area contributed by atoms with Crippen LogP contribution in [0.2, 0.25) is 15.1 Å². The fourth-order valence-corrected chi connectivity index (χ4v) is 17.7. The van der Waals surface area contributed by atoms with Crippen molar-refractivity contribution in [2.24, 2.45) is 0 Å². The molecule has 0 radical (unpaired) electrons. The lowest BCUT2D eigenvalue weighted by Crippen LogP contribution is -2.58. The minimum atomic E-state index is -0.714. The van der Waals surface area contributed by atoms with Crippen LogP contribution < -0.4 is 31.8 Å². The summed E-state index contributed by atoms with van der Waals surface area (Å²) in [4.78, 5) is 131. The predicted molar refractivity (Wildman–Crippen MR) is 475 cm³/mol. The first kappa shape index (κ1) is 87.4. The molecule has 3 fully saturated rings. The van der Waals surface area contributed by atoms with Gasteiger partial charge < -0.3 is 44.7 Å². The van der Waals surface area contributed by atoms with Crippen LogP contribution in [0.5, 0.6) is 17.2 Å². The zero-order chi connectivity index (χ0) is 88.9. The van der Waals surface area contributed by atoms with Gasteiger partial charge in [-0.2, -0.15) is 15.0 Å². The van der Waals surface area contributed by atoms with Crippen LogP contribution in [-0.4, -0.2) is 183 Å². The van der Waals surface area contributed by atoms with Gasteiger partial charge in [0.2, 0.25) is 17.7 Å². The summed E-state index contributed by atoms with van der Waals surface area (Å²) in [6.45, 7) is 33.5. The van der Waals surface area contributed by atoms with Crippen LogP contribution in [0.25, 0.3) is 84.2 Å². The van der Waals surface area contributed by atoms with E-state index in [9.17, 15) is 52.9 Å². The summed E-state index contributed by atoms with van der Waals surface area (Å²) in [5.41, 5.74) is 3.99. The summed E-state index contributed by atoms with van der Waals surface area (Å²) in [6.07, 6.45) is 10.8. The number of aromatic hydroxyl groups is 3. The van der Waals surface area contributed by atoms with E-state index in [1.165, 1.54) is 86.5 Å². The van der Waals surface area contributed by atoms with Crippen LogP contribution in [0.4, 0.5) is 30.6 Å². The number of aromatic nitrogens is 12. The molecule has 3 saturated heterocycles. The summed E-state index contributed by atoms with van der Waals surface area (Å²) >= 11 is 20.1. The fraction of sp³-hybridized carbons (Fsp3) is 0.308. The molecule has 3 N–H and O–H groups in total. The molecule has 1 aliphatic carbocycles. The number of pyridine rings is 6. The van der Waals surface area contributed by atoms with E-state index in [1.807, 2.05) is 82.2 Å². The second-order valence-electron chi connectivity index (χ2n) is 31.7. The molecule has 16 rings (SSSR count). The smallest absolute Gasteiger partial charge is 0.357 e. The molecule has 12 heterocycles. The number of piperazine rings is 3. The van der Waals surface area contributed by atoms with Gasteiger partial charge in [-0.25, -0.2) is 66.2 Å². The monoisotopic (exact) mass is 1740 g/mol. The number of halogens is 6. The quantitative estimate of drug-likeness (QED) is 0.0852. The molecule has 0 unspecified atom stereocenters. The largest absolute Gasteiger partial charge is 0.507 e. The highest BCUT2D eigenvalue weighted by atomic mass is 35.5. The number of benzene rings is 3. The molecule has 0 bridgehead atoms. The van der Waals surface area contributed by atoms with Gasteiger partial charge in [-0.05, 0) is 192 Å². The van der Waals surface area contributed by atoms with Gasteiger partial charge in [-0.1, -0.05) is 107 Å². The number of amides is 3. The minimum absolute atomic E-state index is 0.000636. The standard InChI is InChI=1S/C31H32ClFN6O3.C30H28ClFN6O3.C30H30ClFN6O3/c1-7-24(41)37-14-18(5)38(19(6)15-37)30-20-13-21(32)27(25-22(33)9-8-10-23(25)40)35-29(20)39(31(42)36-30)28-17(4)11-12-34-26(28)16(2)3;1-3-24(40)36-13-14-37(17(2)16-36)28-20-15-21(31)26(25-22(32)9-6-10-23(25)39)34-29(20)38(30(41)35-28)27-19-8-5-4-7-18(19)11-12-33-27;1-6-25(40)36-12-13-37(17(4)15-36)28-20-14-21(31)27(26-22(32)8-7-9-23(26)39)34-29(20)38(30(41)35-28)24-11-10-19(16(2)3)18(5)33-24/h7-13,16,18-19,40H,1,14-15H2,2-6H3;3,6,9-12,15,17,39H,1,4-5,7-8,13-14,16H2,2H3;6-11,14,16-17,39H,1,12-13,15H2,2-5H3/t18-,19+;2*17-/m.00/s1. The van der Waals surface area contributed by atoms with E-state index >= 15 is 4.39 Å². The van der Waals surface area contributed by atoms with E-state index in [1.54, 1.807) is 57.4 Å². The molecule has 640 valence electrons. The average molecular weight is 1740 g/mol. The molecule has 33 heteroatoms. The molecule has 3 amide bonds. The van der Waals surface area contributed by atoms with Crippen molar-refractivity contribution >= 4 is 103 Å². The number of nitrogens with zero attached hydrogens (tertiary/aromatic N) is 18. The molecule has 124 heavy (non-hydrogen) atoms. The van der Waals surface area contributed by atoms with Crippen LogP contribution in [-0.2, 0) is 27.2 Å². The lowest BCUT2D eigenvalue weighted by atomic mass is 9.92. The number of hydrogen-bond acceptors (Lipinski definition) is 21. The zero-order valence-electron chi connectivity index (χ0n) is 69.8. The number of phenolic OH excluding ortho intramolecular Hbond substituents is 3. The Labute approximate surface area is 726 Å². The van der Waals surface area contributed by atoms with Gasteiger partial charge >= 0.3 is 17.1 Å². The maximum Gasteiger partial charge on any atom is 0.357 e. The number of fused-ring (bicyclic) bond motifs is 4. The summed E-state index contributed by atoms with van der Waals surface area (Å²) in [5, 5.41) is 33.2.